The number of aryl methyl sites for hydroxylation is 3. The maximum atomic E-state index is 5.78. The minimum atomic E-state index is 0.353. The number of nitrogens with zero attached hydrogens (tertiary/aromatic N) is 1. The van der Waals surface area contributed by atoms with E-state index in [1.165, 1.54) is 30.4 Å². The molecule has 1 aliphatic heterocycles. The molecule has 2 atom stereocenters. The SMILES string of the molecule is Cc1cc(C)c(C(C)NCCC2CCCCO2)c(C)n1. The van der Waals surface area contributed by atoms with Gasteiger partial charge in [-0.3, -0.25) is 4.98 Å². The zero-order valence-electron chi connectivity index (χ0n) is 13.3. The van der Waals surface area contributed by atoms with E-state index in [4.69, 9.17) is 4.74 Å². The Morgan fingerprint density at radius 3 is 2.80 bits per heavy atom. The molecule has 0 saturated carbocycles. The van der Waals surface area contributed by atoms with Crippen molar-refractivity contribution in [2.45, 2.75) is 65.5 Å². The van der Waals surface area contributed by atoms with Crippen LogP contribution in [-0.4, -0.2) is 24.2 Å². The largest absolute Gasteiger partial charge is 0.378 e. The first-order chi connectivity index (χ1) is 9.58. The number of aromatic nitrogens is 1. The molecule has 1 aromatic rings. The van der Waals surface area contributed by atoms with Crippen molar-refractivity contribution in [1.82, 2.24) is 10.3 Å². The smallest absolute Gasteiger partial charge is 0.0587 e. The summed E-state index contributed by atoms with van der Waals surface area (Å²) in [6.45, 7) is 10.5. The van der Waals surface area contributed by atoms with Gasteiger partial charge in [-0.1, -0.05) is 0 Å². The lowest BCUT2D eigenvalue weighted by atomic mass is 10.00. The quantitative estimate of drug-likeness (QED) is 0.892. The predicted octanol–water partition coefficient (Wildman–Crippen LogP) is 3.62. The molecule has 20 heavy (non-hydrogen) atoms. The topological polar surface area (TPSA) is 34.1 Å². The van der Waals surface area contributed by atoms with Gasteiger partial charge in [0.2, 0.25) is 0 Å². The summed E-state index contributed by atoms with van der Waals surface area (Å²) in [5.41, 5.74) is 4.94. The van der Waals surface area contributed by atoms with Gasteiger partial charge in [-0.25, -0.2) is 0 Å². The third-order valence-corrected chi connectivity index (χ3v) is 4.21. The summed E-state index contributed by atoms with van der Waals surface area (Å²) in [6.07, 6.45) is 5.34. The molecule has 1 saturated heterocycles. The van der Waals surface area contributed by atoms with Crippen molar-refractivity contribution >= 4 is 0 Å². The first kappa shape index (κ1) is 15.5. The molecular weight excluding hydrogens is 248 g/mol. The van der Waals surface area contributed by atoms with E-state index in [1.807, 2.05) is 0 Å². The monoisotopic (exact) mass is 276 g/mol. The number of nitrogens with one attached hydrogen (secondary N) is 1. The van der Waals surface area contributed by atoms with E-state index in [9.17, 15) is 0 Å². The van der Waals surface area contributed by atoms with Crippen LogP contribution >= 0.6 is 0 Å². The highest BCUT2D eigenvalue weighted by molar-refractivity contribution is 5.33. The molecule has 0 aliphatic carbocycles. The number of pyridine rings is 1. The highest BCUT2D eigenvalue weighted by atomic mass is 16.5. The van der Waals surface area contributed by atoms with Crippen molar-refractivity contribution in [3.63, 3.8) is 0 Å². The van der Waals surface area contributed by atoms with Crippen molar-refractivity contribution in [2.75, 3.05) is 13.2 Å². The Bertz CT molecular complexity index is 416. The van der Waals surface area contributed by atoms with E-state index in [-0.39, 0.29) is 0 Å². The summed E-state index contributed by atoms with van der Waals surface area (Å²) in [6, 6.07) is 2.52. The van der Waals surface area contributed by atoms with Gasteiger partial charge in [-0.05, 0) is 77.1 Å². The Labute approximate surface area is 123 Å². The molecule has 3 heteroatoms. The molecule has 0 spiro atoms. The summed E-state index contributed by atoms with van der Waals surface area (Å²) in [5, 5.41) is 3.63. The van der Waals surface area contributed by atoms with E-state index >= 15 is 0 Å². The van der Waals surface area contributed by atoms with Gasteiger partial charge in [0.15, 0.2) is 0 Å². The van der Waals surface area contributed by atoms with Gasteiger partial charge < -0.3 is 10.1 Å². The lowest BCUT2D eigenvalue weighted by Crippen LogP contribution is -2.27. The van der Waals surface area contributed by atoms with Crippen LogP contribution in [0, 0.1) is 20.8 Å². The van der Waals surface area contributed by atoms with Crippen LogP contribution < -0.4 is 5.32 Å². The summed E-state index contributed by atoms with van der Waals surface area (Å²) >= 11 is 0. The van der Waals surface area contributed by atoms with Crippen molar-refractivity contribution in [1.29, 1.82) is 0 Å². The Morgan fingerprint density at radius 1 is 1.35 bits per heavy atom. The predicted molar refractivity (Wildman–Crippen MR) is 83.1 cm³/mol. The molecule has 2 unspecified atom stereocenters. The van der Waals surface area contributed by atoms with Crippen LogP contribution in [0.25, 0.3) is 0 Å². The second-order valence-corrected chi connectivity index (χ2v) is 6.03. The molecule has 3 nitrogen and oxygen atoms in total. The molecule has 0 amide bonds. The second kappa shape index (κ2) is 7.19. The van der Waals surface area contributed by atoms with Crippen molar-refractivity contribution in [3.8, 4) is 0 Å². The zero-order valence-corrected chi connectivity index (χ0v) is 13.3. The van der Waals surface area contributed by atoms with Crippen LogP contribution in [0.5, 0.6) is 0 Å². The highest BCUT2D eigenvalue weighted by Gasteiger charge is 2.16. The Kier molecular flexibility index (Phi) is 5.55. The number of ether oxygens (including phenoxy) is 1. The minimum absolute atomic E-state index is 0.353. The maximum Gasteiger partial charge on any atom is 0.0587 e. The molecule has 1 N–H and O–H groups in total. The molecular formula is C17H28N2O. The number of hydrogen-bond donors (Lipinski definition) is 1. The molecule has 0 radical (unpaired) electrons. The highest BCUT2D eigenvalue weighted by Crippen LogP contribution is 2.21. The van der Waals surface area contributed by atoms with Gasteiger partial charge >= 0.3 is 0 Å². The van der Waals surface area contributed by atoms with Crippen LogP contribution in [-0.2, 0) is 4.74 Å². The fourth-order valence-electron chi connectivity index (χ4n) is 3.29. The Morgan fingerprint density at radius 2 is 2.15 bits per heavy atom. The van der Waals surface area contributed by atoms with Crippen LogP contribution in [0.4, 0.5) is 0 Å². The van der Waals surface area contributed by atoms with Crippen LogP contribution in [0.2, 0.25) is 0 Å². The number of hydrogen-bond acceptors (Lipinski definition) is 3. The standard InChI is InChI=1S/C17H28N2O/c1-12-11-13(2)19-15(4)17(12)14(3)18-9-8-16-7-5-6-10-20-16/h11,14,16,18H,5-10H2,1-4H3. The van der Waals surface area contributed by atoms with Crippen LogP contribution in [0.3, 0.4) is 0 Å². The molecule has 0 aromatic carbocycles. The van der Waals surface area contributed by atoms with Gasteiger partial charge in [0.1, 0.15) is 0 Å². The van der Waals surface area contributed by atoms with Crippen molar-refractivity contribution in [2.24, 2.45) is 0 Å². The Hall–Kier alpha value is -0.930. The lowest BCUT2D eigenvalue weighted by Gasteiger charge is -2.24. The molecule has 0 bridgehead atoms. The normalized spacial score (nSPS) is 20.9. The Balaban J connectivity index is 1.86. The second-order valence-electron chi connectivity index (χ2n) is 6.03. The van der Waals surface area contributed by atoms with Crippen LogP contribution in [0.15, 0.2) is 6.07 Å². The molecule has 112 valence electrons. The van der Waals surface area contributed by atoms with Crippen molar-refractivity contribution < 1.29 is 4.74 Å². The van der Waals surface area contributed by atoms with E-state index in [0.29, 0.717) is 12.1 Å². The number of rotatable bonds is 5. The molecule has 2 rings (SSSR count). The summed E-state index contributed by atoms with van der Waals surface area (Å²) in [7, 11) is 0. The molecule has 2 heterocycles. The lowest BCUT2D eigenvalue weighted by molar-refractivity contribution is 0.0112. The average molecular weight is 276 g/mol. The van der Waals surface area contributed by atoms with Gasteiger partial charge in [0, 0.05) is 24.0 Å². The zero-order chi connectivity index (χ0) is 14.5. The third kappa shape index (κ3) is 4.03. The van der Waals surface area contributed by atoms with Gasteiger partial charge in [-0.15, -0.1) is 0 Å². The van der Waals surface area contributed by atoms with E-state index < -0.39 is 0 Å². The average Bonchev–Trinajstić information content (AvgIpc) is 2.38. The molecule has 1 aromatic heterocycles. The fourth-order valence-corrected chi connectivity index (χ4v) is 3.29. The van der Waals surface area contributed by atoms with Crippen molar-refractivity contribution in [3.05, 3.63) is 28.6 Å². The van der Waals surface area contributed by atoms with E-state index in [1.54, 1.807) is 0 Å². The first-order valence-corrected chi connectivity index (χ1v) is 7.87. The summed E-state index contributed by atoms with van der Waals surface area (Å²) < 4.78 is 5.78. The summed E-state index contributed by atoms with van der Waals surface area (Å²) in [4.78, 5) is 4.59. The first-order valence-electron chi connectivity index (χ1n) is 7.87. The third-order valence-electron chi connectivity index (χ3n) is 4.21. The maximum absolute atomic E-state index is 5.78. The van der Waals surface area contributed by atoms with Crippen LogP contribution in [0.1, 0.15) is 61.2 Å². The van der Waals surface area contributed by atoms with Gasteiger partial charge in [0.25, 0.3) is 0 Å². The van der Waals surface area contributed by atoms with Gasteiger partial charge in [-0.2, -0.15) is 0 Å². The summed E-state index contributed by atoms with van der Waals surface area (Å²) in [5.74, 6) is 0. The fraction of sp³-hybridized carbons (Fsp3) is 0.706. The van der Waals surface area contributed by atoms with Gasteiger partial charge in [0.05, 0.1) is 6.10 Å². The minimum Gasteiger partial charge on any atom is -0.378 e. The molecule has 1 fully saturated rings. The van der Waals surface area contributed by atoms with E-state index in [2.05, 4.69) is 44.1 Å². The van der Waals surface area contributed by atoms with E-state index in [0.717, 1.165) is 31.0 Å². The molecule has 1 aliphatic rings.